The third-order valence-corrected chi connectivity index (χ3v) is 3.96. The number of nitrogens with one attached hydrogen (secondary N) is 1. The molecule has 4 heteroatoms. The molecule has 1 aromatic heterocycles. The van der Waals surface area contributed by atoms with Gasteiger partial charge in [-0.1, -0.05) is 23.7 Å². The van der Waals surface area contributed by atoms with Gasteiger partial charge in [0.15, 0.2) is 0 Å². The Hall–Kier alpha value is -1.42. The molecule has 0 amide bonds. The Morgan fingerprint density at radius 3 is 2.90 bits per heavy atom. The first-order valence-corrected chi connectivity index (χ1v) is 7.30. The van der Waals surface area contributed by atoms with Gasteiger partial charge in [0.1, 0.15) is 0 Å². The average molecular weight is 288 g/mol. The Labute approximate surface area is 124 Å². The molecule has 1 atom stereocenters. The summed E-state index contributed by atoms with van der Waals surface area (Å²) in [5, 5.41) is 4.27. The van der Waals surface area contributed by atoms with Crippen molar-refractivity contribution in [2.45, 2.75) is 12.6 Å². The molecule has 1 aromatic carbocycles. The molecule has 1 fully saturated rings. The fraction of sp³-hybridized carbons (Fsp3) is 0.312. The van der Waals surface area contributed by atoms with E-state index in [0.29, 0.717) is 6.04 Å². The predicted octanol–water partition coefficient (Wildman–Crippen LogP) is 2.88. The number of piperazine rings is 1. The highest BCUT2D eigenvalue weighted by molar-refractivity contribution is 6.30. The fourth-order valence-corrected chi connectivity index (χ4v) is 2.90. The summed E-state index contributed by atoms with van der Waals surface area (Å²) >= 11 is 6.12. The number of benzene rings is 1. The van der Waals surface area contributed by atoms with Gasteiger partial charge in [-0.25, -0.2) is 0 Å². The molecular weight excluding hydrogens is 270 g/mol. The van der Waals surface area contributed by atoms with Crippen LogP contribution in [-0.2, 0) is 6.54 Å². The number of aromatic nitrogens is 1. The molecule has 20 heavy (non-hydrogen) atoms. The van der Waals surface area contributed by atoms with Crippen molar-refractivity contribution in [3.05, 3.63) is 64.9 Å². The highest BCUT2D eigenvalue weighted by atomic mass is 35.5. The lowest BCUT2D eigenvalue weighted by Crippen LogP contribution is -2.45. The number of pyridine rings is 1. The summed E-state index contributed by atoms with van der Waals surface area (Å²) in [4.78, 5) is 6.58. The van der Waals surface area contributed by atoms with Crippen molar-refractivity contribution in [2.75, 3.05) is 19.6 Å². The van der Waals surface area contributed by atoms with Crippen molar-refractivity contribution in [3.63, 3.8) is 0 Å². The molecular formula is C16H18ClN3. The van der Waals surface area contributed by atoms with E-state index in [1.54, 1.807) is 0 Å². The van der Waals surface area contributed by atoms with E-state index in [-0.39, 0.29) is 0 Å². The molecule has 104 valence electrons. The molecule has 3 nitrogen and oxygen atoms in total. The number of hydrogen-bond acceptors (Lipinski definition) is 3. The third kappa shape index (κ3) is 3.18. The minimum atomic E-state index is 0.371. The first-order chi connectivity index (χ1) is 9.83. The van der Waals surface area contributed by atoms with Crippen LogP contribution in [0.1, 0.15) is 17.2 Å². The number of rotatable bonds is 3. The van der Waals surface area contributed by atoms with Crippen LogP contribution in [0, 0.1) is 0 Å². The summed E-state index contributed by atoms with van der Waals surface area (Å²) < 4.78 is 0. The SMILES string of the molecule is Clc1cccc(C2CNCCN2Cc2ccncc2)c1. The molecule has 1 aliphatic heterocycles. The molecule has 0 spiro atoms. The second-order valence-electron chi connectivity index (χ2n) is 5.10. The molecule has 2 aromatic rings. The van der Waals surface area contributed by atoms with Crippen molar-refractivity contribution < 1.29 is 0 Å². The Bertz CT molecular complexity index is 559. The zero-order chi connectivity index (χ0) is 13.8. The number of nitrogens with zero attached hydrogens (tertiary/aromatic N) is 2. The van der Waals surface area contributed by atoms with E-state index in [1.807, 2.05) is 24.5 Å². The highest BCUT2D eigenvalue weighted by Gasteiger charge is 2.23. The molecule has 0 aliphatic carbocycles. The fourth-order valence-electron chi connectivity index (χ4n) is 2.70. The van der Waals surface area contributed by atoms with Crippen molar-refractivity contribution in [3.8, 4) is 0 Å². The van der Waals surface area contributed by atoms with Gasteiger partial charge in [0.2, 0.25) is 0 Å². The molecule has 0 radical (unpaired) electrons. The molecule has 0 bridgehead atoms. The second-order valence-corrected chi connectivity index (χ2v) is 5.54. The van der Waals surface area contributed by atoms with Crippen LogP contribution < -0.4 is 5.32 Å². The maximum Gasteiger partial charge on any atom is 0.0477 e. The maximum absolute atomic E-state index is 6.12. The monoisotopic (exact) mass is 287 g/mol. The van der Waals surface area contributed by atoms with Crippen LogP contribution in [0.2, 0.25) is 5.02 Å². The van der Waals surface area contributed by atoms with Gasteiger partial charge in [0, 0.05) is 49.6 Å². The highest BCUT2D eigenvalue weighted by Crippen LogP contribution is 2.26. The molecule has 1 unspecified atom stereocenters. The van der Waals surface area contributed by atoms with Gasteiger partial charge < -0.3 is 5.32 Å². The van der Waals surface area contributed by atoms with Crippen LogP contribution in [0.15, 0.2) is 48.8 Å². The lowest BCUT2D eigenvalue weighted by atomic mass is 10.0. The van der Waals surface area contributed by atoms with Gasteiger partial charge in [-0.2, -0.15) is 0 Å². The van der Waals surface area contributed by atoms with Crippen LogP contribution in [0.5, 0.6) is 0 Å². The second kappa shape index (κ2) is 6.35. The van der Waals surface area contributed by atoms with Gasteiger partial charge in [0.25, 0.3) is 0 Å². The minimum Gasteiger partial charge on any atom is -0.314 e. The summed E-state index contributed by atoms with van der Waals surface area (Å²) in [5.41, 5.74) is 2.58. The average Bonchev–Trinajstić information content (AvgIpc) is 2.49. The molecule has 3 rings (SSSR count). The van der Waals surface area contributed by atoms with Crippen molar-refractivity contribution in [1.29, 1.82) is 0 Å². The largest absolute Gasteiger partial charge is 0.314 e. The van der Waals surface area contributed by atoms with Gasteiger partial charge in [-0.15, -0.1) is 0 Å². The summed E-state index contributed by atoms with van der Waals surface area (Å²) in [7, 11) is 0. The summed E-state index contributed by atoms with van der Waals surface area (Å²) in [6.07, 6.45) is 3.71. The van der Waals surface area contributed by atoms with Crippen LogP contribution >= 0.6 is 11.6 Å². The molecule has 0 saturated carbocycles. The Kier molecular flexibility index (Phi) is 4.31. The van der Waals surface area contributed by atoms with Crippen molar-refractivity contribution in [1.82, 2.24) is 15.2 Å². The normalized spacial score (nSPS) is 19.9. The van der Waals surface area contributed by atoms with E-state index in [2.05, 4.69) is 39.5 Å². The molecule has 1 saturated heterocycles. The maximum atomic E-state index is 6.12. The zero-order valence-electron chi connectivity index (χ0n) is 11.3. The lowest BCUT2D eigenvalue weighted by molar-refractivity contribution is 0.153. The van der Waals surface area contributed by atoms with E-state index in [9.17, 15) is 0 Å². The van der Waals surface area contributed by atoms with Crippen LogP contribution in [0.4, 0.5) is 0 Å². The van der Waals surface area contributed by atoms with Crippen LogP contribution in [-0.4, -0.2) is 29.5 Å². The first-order valence-electron chi connectivity index (χ1n) is 6.92. The number of halogens is 1. The predicted molar refractivity (Wildman–Crippen MR) is 81.7 cm³/mol. The summed E-state index contributed by atoms with van der Waals surface area (Å²) in [6, 6.07) is 12.7. The zero-order valence-corrected chi connectivity index (χ0v) is 12.1. The Morgan fingerprint density at radius 1 is 1.25 bits per heavy atom. The lowest BCUT2D eigenvalue weighted by Gasteiger charge is -2.36. The Morgan fingerprint density at radius 2 is 2.10 bits per heavy atom. The molecule has 2 heterocycles. The topological polar surface area (TPSA) is 28.2 Å². The van der Waals surface area contributed by atoms with Gasteiger partial charge in [0.05, 0.1) is 0 Å². The summed E-state index contributed by atoms with van der Waals surface area (Å²) in [6.45, 7) is 3.98. The first kappa shape index (κ1) is 13.6. The third-order valence-electron chi connectivity index (χ3n) is 3.72. The number of hydrogen-bond donors (Lipinski definition) is 1. The van der Waals surface area contributed by atoms with E-state index < -0.39 is 0 Å². The van der Waals surface area contributed by atoms with Crippen LogP contribution in [0.3, 0.4) is 0 Å². The van der Waals surface area contributed by atoms with Gasteiger partial charge in [-0.3, -0.25) is 9.88 Å². The molecule has 1 aliphatic rings. The van der Waals surface area contributed by atoms with E-state index in [0.717, 1.165) is 31.2 Å². The van der Waals surface area contributed by atoms with E-state index in [4.69, 9.17) is 11.6 Å². The minimum absolute atomic E-state index is 0.371. The quantitative estimate of drug-likeness (QED) is 0.941. The van der Waals surface area contributed by atoms with E-state index >= 15 is 0 Å². The van der Waals surface area contributed by atoms with Crippen LogP contribution in [0.25, 0.3) is 0 Å². The standard InChI is InChI=1S/C16H18ClN3/c17-15-3-1-2-14(10-15)16-11-19-8-9-20(16)12-13-4-6-18-7-5-13/h1-7,10,16,19H,8-9,11-12H2. The van der Waals surface area contributed by atoms with E-state index in [1.165, 1.54) is 11.1 Å². The smallest absolute Gasteiger partial charge is 0.0477 e. The van der Waals surface area contributed by atoms with Gasteiger partial charge in [-0.05, 0) is 35.4 Å². The Balaban J connectivity index is 1.80. The molecule has 1 N–H and O–H groups in total. The summed E-state index contributed by atoms with van der Waals surface area (Å²) in [5.74, 6) is 0. The van der Waals surface area contributed by atoms with Gasteiger partial charge >= 0.3 is 0 Å². The van der Waals surface area contributed by atoms with Crippen molar-refractivity contribution in [2.24, 2.45) is 0 Å². The van der Waals surface area contributed by atoms with Crippen molar-refractivity contribution >= 4 is 11.6 Å².